The smallest absolute Gasteiger partial charge is 0.234 e. The Morgan fingerprint density at radius 2 is 2.06 bits per heavy atom. The molecule has 1 aliphatic heterocycles. The van der Waals surface area contributed by atoms with E-state index in [0.29, 0.717) is 0 Å². The van der Waals surface area contributed by atoms with Crippen molar-refractivity contribution in [1.29, 1.82) is 0 Å². The number of benzene rings is 1. The zero-order valence-corrected chi connectivity index (χ0v) is 10.8. The van der Waals surface area contributed by atoms with Crippen LogP contribution >= 0.6 is 0 Å². The fourth-order valence-corrected chi connectivity index (χ4v) is 2.70. The lowest BCUT2D eigenvalue weighted by atomic mass is 10.1. The average molecular weight is 246 g/mol. The lowest BCUT2D eigenvalue weighted by Crippen LogP contribution is -2.40. The van der Waals surface area contributed by atoms with Crippen LogP contribution in [-0.2, 0) is 11.2 Å². The Balaban J connectivity index is 1.68. The molecule has 98 valence electrons. The van der Waals surface area contributed by atoms with E-state index in [1.165, 1.54) is 12.0 Å². The number of carbonyl (C=O) groups excluding carboxylic acids is 1. The quantitative estimate of drug-likeness (QED) is 0.780. The molecule has 0 saturated carbocycles. The van der Waals surface area contributed by atoms with E-state index in [2.05, 4.69) is 29.2 Å². The highest BCUT2D eigenvalue weighted by molar-refractivity contribution is 5.80. The van der Waals surface area contributed by atoms with Gasteiger partial charge in [0.1, 0.15) is 0 Å². The van der Waals surface area contributed by atoms with Gasteiger partial charge in [0.15, 0.2) is 0 Å². The lowest BCUT2D eigenvalue weighted by molar-refractivity contribution is -0.122. The van der Waals surface area contributed by atoms with Gasteiger partial charge in [0.05, 0.1) is 6.04 Å². The highest BCUT2D eigenvalue weighted by atomic mass is 16.1. The standard InChI is InChI=1S/C15H22N2O/c16-15(18)14-10-6-12-17(14)11-5-4-9-13-7-2-1-3-8-13/h1-3,7-8,14H,4-6,9-12H2,(H2,16,18)/t14-/m0/s1. The van der Waals surface area contributed by atoms with Crippen LogP contribution < -0.4 is 5.73 Å². The molecule has 0 unspecified atom stereocenters. The monoisotopic (exact) mass is 246 g/mol. The molecule has 2 N–H and O–H groups in total. The van der Waals surface area contributed by atoms with Gasteiger partial charge in [-0.3, -0.25) is 9.69 Å². The second-order valence-corrected chi connectivity index (χ2v) is 5.04. The Hall–Kier alpha value is -1.35. The van der Waals surface area contributed by atoms with Crippen molar-refractivity contribution in [3.05, 3.63) is 35.9 Å². The first kappa shape index (κ1) is 13.1. The second kappa shape index (κ2) is 6.55. The predicted octanol–water partition coefficient (Wildman–Crippen LogP) is 1.96. The van der Waals surface area contributed by atoms with Crippen molar-refractivity contribution in [1.82, 2.24) is 4.90 Å². The van der Waals surface area contributed by atoms with Gasteiger partial charge in [-0.2, -0.15) is 0 Å². The van der Waals surface area contributed by atoms with Crippen LogP contribution in [0.1, 0.15) is 31.2 Å². The molecule has 0 spiro atoms. The summed E-state index contributed by atoms with van der Waals surface area (Å²) in [6.07, 6.45) is 5.47. The van der Waals surface area contributed by atoms with Gasteiger partial charge in [-0.1, -0.05) is 30.3 Å². The molecule has 1 amide bonds. The number of likely N-dealkylation sites (tertiary alicyclic amines) is 1. The molecular formula is C15H22N2O. The SMILES string of the molecule is NC(=O)[C@@H]1CCCN1CCCCc1ccccc1. The number of hydrogen-bond donors (Lipinski definition) is 1. The molecular weight excluding hydrogens is 224 g/mol. The third kappa shape index (κ3) is 3.57. The van der Waals surface area contributed by atoms with Crippen molar-refractivity contribution in [2.75, 3.05) is 13.1 Å². The van der Waals surface area contributed by atoms with Gasteiger partial charge in [0.25, 0.3) is 0 Å². The van der Waals surface area contributed by atoms with Crippen molar-refractivity contribution in [3.8, 4) is 0 Å². The van der Waals surface area contributed by atoms with Crippen LogP contribution in [0.3, 0.4) is 0 Å². The fraction of sp³-hybridized carbons (Fsp3) is 0.533. The Morgan fingerprint density at radius 1 is 1.28 bits per heavy atom. The summed E-state index contributed by atoms with van der Waals surface area (Å²) in [4.78, 5) is 13.5. The normalized spacial score (nSPS) is 20.1. The Morgan fingerprint density at radius 3 is 2.78 bits per heavy atom. The van der Waals surface area contributed by atoms with E-state index in [9.17, 15) is 4.79 Å². The average Bonchev–Trinajstić information content (AvgIpc) is 2.84. The third-order valence-corrected chi connectivity index (χ3v) is 3.70. The van der Waals surface area contributed by atoms with Gasteiger partial charge in [0, 0.05) is 0 Å². The van der Waals surface area contributed by atoms with Crippen molar-refractivity contribution in [2.24, 2.45) is 5.73 Å². The van der Waals surface area contributed by atoms with Crippen LogP contribution in [0, 0.1) is 0 Å². The Labute approximate surface area is 109 Å². The lowest BCUT2D eigenvalue weighted by Gasteiger charge is -2.21. The van der Waals surface area contributed by atoms with Crippen LogP contribution in [0.25, 0.3) is 0 Å². The molecule has 0 aromatic heterocycles. The zero-order chi connectivity index (χ0) is 12.8. The van der Waals surface area contributed by atoms with Crippen molar-refractivity contribution < 1.29 is 4.79 Å². The van der Waals surface area contributed by atoms with Crippen LogP contribution in [-0.4, -0.2) is 29.9 Å². The number of rotatable bonds is 6. The zero-order valence-electron chi connectivity index (χ0n) is 10.8. The number of amides is 1. The first-order valence-corrected chi connectivity index (χ1v) is 6.84. The molecule has 18 heavy (non-hydrogen) atoms. The topological polar surface area (TPSA) is 46.3 Å². The maximum Gasteiger partial charge on any atom is 0.234 e. The van der Waals surface area contributed by atoms with E-state index >= 15 is 0 Å². The van der Waals surface area contributed by atoms with Crippen molar-refractivity contribution in [3.63, 3.8) is 0 Å². The molecule has 1 heterocycles. The summed E-state index contributed by atoms with van der Waals surface area (Å²) in [5.41, 5.74) is 6.80. The molecule has 3 nitrogen and oxygen atoms in total. The van der Waals surface area contributed by atoms with Crippen LogP contribution in [0.15, 0.2) is 30.3 Å². The summed E-state index contributed by atoms with van der Waals surface area (Å²) in [7, 11) is 0. The minimum Gasteiger partial charge on any atom is -0.368 e. The first-order valence-electron chi connectivity index (χ1n) is 6.84. The van der Waals surface area contributed by atoms with E-state index in [-0.39, 0.29) is 11.9 Å². The van der Waals surface area contributed by atoms with Gasteiger partial charge in [-0.15, -0.1) is 0 Å². The largest absolute Gasteiger partial charge is 0.368 e. The maximum atomic E-state index is 11.2. The van der Waals surface area contributed by atoms with Crippen LogP contribution in [0.5, 0.6) is 0 Å². The molecule has 2 rings (SSSR count). The highest BCUT2D eigenvalue weighted by Crippen LogP contribution is 2.17. The van der Waals surface area contributed by atoms with Crippen LogP contribution in [0.2, 0.25) is 0 Å². The molecule has 1 fully saturated rings. The number of primary amides is 1. The number of unbranched alkanes of at least 4 members (excludes halogenated alkanes) is 1. The van der Waals surface area contributed by atoms with Crippen molar-refractivity contribution in [2.45, 2.75) is 38.1 Å². The predicted molar refractivity (Wildman–Crippen MR) is 73.2 cm³/mol. The van der Waals surface area contributed by atoms with E-state index in [1.807, 2.05) is 6.07 Å². The van der Waals surface area contributed by atoms with Gasteiger partial charge < -0.3 is 5.73 Å². The number of nitrogens with zero attached hydrogens (tertiary/aromatic N) is 1. The molecule has 0 radical (unpaired) electrons. The molecule has 1 aromatic rings. The number of aryl methyl sites for hydroxylation is 1. The molecule has 0 bridgehead atoms. The maximum absolute atomic E-state index is 11.2. The van der Waals surface area contributed by atoms with Gasteiger partial charge in [0.2, 0.25) is 5.91 Å². The minimum absolute atomic E-state index is 0.0123. The summed E-state index contributed by atoms with van der Waals surface area (Å²) >= 11 is 0. The molecule has 1 saturated heterocycles. The van der Waals surface area contributed by atoms with E-state index in [1.54, 1.807) is 0 Å². The number of carbonyl (C=O) groups is 1. The van der Waals surface area contributed by atoms with Gasteiger partial charge in [-0.25, -0.2) is 0 Å². The number of nitrogens with two attached hydrogens (primary N) is 1. The molecule has 0 aliphatic carbocycles. The molecule has 1 atom stereocenters. The summed E-state index contributed by atoms with van der Waals surface area (Å²) in [5, 5.41) is 0. The molecule has 1 aliphatic rings. The van der Waals surface area contributed by atoms with Crippen molar-refractivity contribution >= 4 is 5.91 Å². The second-order valence-electron chi connectivity index (χ2n) is 5.04. The van der Waals surface area contributed by atoms with Crippen LogP contribution in [0.4, 0.5) is 0 Å². The minimum atomic E-state index is -0.157. The van der Waals surface area contributed by atoms with Gasteiger partial charge >= 0.3 is 0 Å². The van der Waals surface area contributed by atoms with Gasteiger partial charge in [-0.05, 0) is 50.8 Å². The van der Waals surface area contributed by atoms with E-state index in [0.717, 1.165) is 38.8 Å². The Kier molecular flexibility index (Phi) is 4.76. The number of hydrogen-bond acceptors (Lipinski definition) is 2. The highest BCUT2D eigenvalue weighted by Gasteiger charge is 2.27. The van der Waals surface area contributed by atoms with E-state index < -0.39 is 0 Å². The molecule has 3 heteroatoms. The van der Waals surface area contributed by atoms with E-state index in [4.69, 9.17) is 5.73 Å². The Bertz CT molecular complexity index is 377. The summed E-state index contributed by atoms with van der Waals surface area (Å²) < 4.78 is 0. The first-order chi connectivity index (χ1) is 8.77. The fourth-order valence-electron chi connectivity index (χ4n) is 2.70. The third-order valence-electron chi connectivity index (χ3n) is 3.70. The summed E-state index contributed by atoms with van der Waals surface area (Å²) in [6.45, 7) is 2.03. The summed E-state index contributed by atoms with van der Waals surface area (Å²) in [6, 6.07) is 10.5. The molecule has 1 aromatic carbocycles. The summed E-state index contributed by atoms with van der Waals surface area (Å²) in [5.74, 6) is -0.157.